The zero-order valence-corrected chi connectivity index (χ0v) is 10.1. The molecule has 0 aliphatic carbocycles. The minimum absolute atomic E-state index is 0.389. The van der Waals surface area contributed by atoms with Crippen molar-refractivity contribution in [3.05, 3.63) is 0 Å². The number of carbonyl (C=O) groups is 2. The number of carboxylic acids is 1. The Labute approximate surface area is 84.6 Å². The van der Waals surface area contributed by atoms with E-state index in [1.807, 2.05) is 0 Å². The standard InChI is InChI=1S/C7H13AsO5/c1-6(2,3)13-5(11)7(8,12)4(9)10/h12H,8H2,1-3H3,(H,9,10). The molecule has 5 nitrogen and oxygen atoms in total. The van der Waals surface area contributed by atoms with E-state index in [9.17, 15) is 14.7 Å². The molecule has 0 saturated carbocycles. The molecule has 6 heteroatoms. The zero-order valence-electron chi connectivity index (χ0n) is 7.70. The van der Waals surface area contributed by atoms with E-state index in [1.54, 1.807) is 20.8 Å². The monoisotopic (exact) mass is 252 g/mol. The Bertz CT molecular complexity index is 228. The molecule has 0 bridgehead atoms. The Balaban J connectivity index is 4.53. The molecule has 0 fully saturated rings. The molecule has 13 heavy (non-hydrogen) atoms. The molecule has 0 saturated heterocycles. The van der Waals surface area contributed by atoms with Crippen LogP contribution in [0.2, 0.25) is 0 Å². The van der Waals surface area contributed by atoms with E-state index in [4.69, 9.17) is 9.84 Å². The van der Waals surface area contributed by atoms with Gasteiger partial charge in [-0.25, -0.2) is 0 Å². The maximum absolute atomic E-state index is 11.1. The molecule has 0 aromatic heterocycles. The molecule has 0 aliphatic heterocycles. The number of aliphatic hydroxyl groups is 1. The number of hydrogen-bond donors (Lipinski definition) is 2. The number of carbonyl (C=O) groups excluding carboxylic acids is 1. The fourth-order valence-electron chi connectivity index (χ4n) is 0.443. The van der Waals surface area contributed by atoms with Crippen molar-refractivity contribution in [3.63, 3.8) is 0 Å². The van der Waals surface area contributed by atoms with Crippen molar-refractivity contribution in [1.29, 1.82) is 0 Å². The number of esters is 1. The molecule has 0 amide bonds. The van der Waals surface area contributed by atoms with Gasteiger partial charge in [0.25, 0.3) is 0 Å². The molecular weight excluding hydrogens is 239 g/mol. The summed E-state index contributed by atoms with van der Waals surface area (Å²) in [6.45, 7) is 4.78. The van der Waals surface area contributed by atoms with E-state index >= 15 is 0 Å². The second-order valence-corrected chi connectivity index (χ2v) is 5.33. The van der Waals surface area contributed by atoms with Gasteiger partial charge in [0.05, 0.1) is 0 Å². The Morgan fingerprint density at radius 3 is 1.92 bits per heavy atom. The van der Waals surface area contributed by atoms with Crippen LogP contribution >= 0.6 is 0 Å². The molecule has 0 spiro atoms. The van der Waals surface area contributed by atoms with E-state index < -0.39 is 21.9 Å². The van der Waals surface area contributed by atoms with Gasteiger partial charge in [-0.3, -0.25) is 0 Å². The van der Waals surface area contributed by atoms with Gasteiger partial charge in [0.1, 0.15) is 0 Å². The molecule has 2 unspecified atom stereocenters. The fourth-order valence-corrected chi connectivity index (χ4v) is 0.567. The number of rotatable bonds is 2. The number of aliphatic carboxylic acids is 1. The van der Waals surface area contributed by atoms with Gasteiger partial charge in [0.15, 0.2) is 0 Å². The van der Waals surface area contributed by atoms with Crippen molar-refractivity contribution in [2.24, 2.45) is 0 Å². The molecule has 76 valence electrons. The molecule has 0 heterocycles. The van der Waals surface area contributed by atoms with Gasteiger partial charge < -0.3 is 0 Å². The molecule has 2 atom stereocenters. The minimum atomic E-state index is -2.42. The summed E-state index contributed by atoms with van der Waals surface area (Å²) in [4.78, 5) is 21.5. The maximum atomic E-state index is 11.1. The van der Waals surface area contributed by atoms with Crippen LogP contribution in [0.25, 0.3) is 0 Å². The van der Waals surface area contributed by atoms with Gasteiger partial charge >= 0.3 is 84.1 Å². The van der Waals surface area contributed by atoms with Crippen LogP contribution in [0.1, 0.15) is 20.8 Å². The first kappa shape index (κ1) is 12.5. The Morgan fingerprint density at radius 2 is 1.69 bits per heavy atom. The van der Waals surface area contributed by atoms with E-state index in [2.05, 4.69) is 0 Å². The van der Waals surface area contributed by atoms with Crippen molar-refractivity contribution in [2.75, 3.05) is 0 Å². The topological polar surface area (TPSA) is 83.8 Å². The van der Waals surface area contributed by atoms with Crippen molar-refractivity contribution < 1.29 is 24.5 Å². The first-order valence-corrected chi connectivity index (χ1v) is 4.76. The SMILES string of the molecule is CC(C)(C)OC(=O)C(O)([AsH2])C(=O)O. The van der Waals surface area contributed by atoms with Gasteiger partial charge in [-0.15, -0.1) is 0 Å². The Hall–Kier alpha value is -0.542. The third-order valence-electron chi connectivity index (χ3n) is 1.04. The van der Waals surface area contributed by atoms with Crippen LogP contribution in [0.15, 0.2) is 0 Å². The summed E-state index contributed by atoms with van der Waals surface area (Å²) in [6.07, 6.45) is 0. The second-order valence-electron chi connectivity index (χ2n) is 3.57. The van der Waals surface area contributed by atoms with E-state index in [0.717, 1.165) is 0 Å². The van der Waals surface area contributed by atoms with Gasteiger partial charge in [0.2, 0.25) is 0 Å². The summed E-state index contributed by atoms with van der Waals surface area (Å²) in [6, 6.07) is 0. The summed E-state index contributed by atoms with van der Waals surface area (Å²) in [5, 5.41) is 17.7. The van der Waals surface area contributed by atoms with Gasteiger partial charge in [-0.1, -0.05) is 0 Å². The van der Waals surface area contributed by atoms with E-state index in [-0.39, 0.29) is 0 Å². The summed E-state index contributed by atoms with van der Waals surface area (Å²) in [7, 11) is 0. The van der Waals surface area contributed by atoms with Crippen molar-refractivity contribution in [1.82, 2.24) is 0 Å². The van der Waals surface area contributed by atoms with Crippen molar-refractivity contribution >= 4 is 28.8 Å². The Morgan fingerprint density at radius 1 is 1.31 bits per heavy atom. The average molecular weight is 252 g/mol. The van der Waals surface area contributed by atoms with Gasteiger partial charge in [0, 0.05) is 0 Å². The van der Waals surface area contributed by atoms with Crippen LogP contribution in [0.4, 0.5) is 0 Å². The third-order valence-corrected chi connectivity index (χ3v) is 2.05. The summed E-state index contributed by atoms with van der Waals surface area (Å²) < 4.78 is 2.29. The van der Waals surface area contributed by atoms with Gasteiger partial charge in [-0.05, 0) is 0 Å². The Kier molecular flexibility index (Phi) is 3.53. The molecular formula is C7H13AsO5. The normalized spacial score (nSPS) is 16.1. The molecule has 2 N–H and O–H groups in total. The average Bonchev–Trinajstić information content (AvgIpc) is 1.82. The van der Waals surface area contributed by atoms with E-state index in [0.29, 0.717) is 16.9 Å². The van der Waals surface area contributed by atoms with Crippen LogP contribution in [0, 0.1) is 0 Å². The summed E-state index contributed by atoms with van der Waals surface area (Å²) >= 11 is 0.389. The number of hydrogen-bond acceptors (Lipinski definition) is 4. The third kappa shape index (κ3) is 3.78. The van der Waals surface area contributed by atoms with Crippen LogP contribution < -0.4 is 0 Å². The number of carboxylic acid groups (broad SMARTS) is 1. The van der Waals surface area contributed by atoms with Crippen LogP contribution in [-0.4, -0.2) is 49.0 Å². The zero-order chi connectivity index (χ0) is 10.9. The number of ether oxygens (including phenoxy) is 1. The van der Waals surface area contributed by atoms with Crippen LogP contribution in [0.3, 0.4) is 0 Å². The first-order chi connectivity index (χ1) is 5.57. The molecule has 0 aliphatic rings. The quantitative estimate of drug-likeness (QED) is 0.364. The molecule has 0 radical (unpaired) electrons. The summed E-state index contributed by atoms with van der Waals surface area (Å²) in [5.74, 6) is -2.73. The second kappa shape index (κ2) is 3.68. The molecule has 0 aromatic rings. The molecule has 0 rings (SSSR count). The fraction of sp³-hybridized carbons (Fsp3) is 0.714. The van der Waals surface area contributed by atoms with Crippen LogP contribution in [-0.2, 0) is 14.3 Å². The van der Waals surface area contributed by atoms with E-state index in [1.165, 1.54) is 0 Å². The predicted octanol–water partition coefficient (Wildman–Crippen LogP) is -1.27. The van der Waals surface area contributed by atoms with Crippen LogP contribution in [0.5, 0.6) is 0 Å². The predicted molar refractivity (Wildman–Crippen MR) is 47.0 cm³/mol. The van der Waals surface area contributed by atoms with Crippen molar-refractivity contribution in [2.45, 2.75) is 30.8 Å². The van der Waals surface area contributed by atoms with Crippen molar-refractivity contribution in [3.8, 4) is 0 Å². The first-order valence-electron chi connectivity index (χ1n) is 3.55. The van der Waals surface area contributed by atoms with Gasteiger partial charge in [-0.2, -0.15) is 0 Å². The summed E-state index contributed by atoms with van der Waals surface area (Å²) in [5.41, 5.74) is -0.799. The molecule has 0 aromatic carbocycles.